The molecule has 0 aliphatic rings. The van der Waals surface area contributed by atoms with Crippen LogP contribution < -0.4 is 5.32 Å². The summed E-state index contributed by atoms with van der Waals surface area (Å²) in [6.45, 7) is 5.32. The summed E-state index contributed by atoms with van der Waals surface area (Å²) in [5.74, 6) is -0.735. The summed E-state index contributed by atoms with van der Waals surface area (Å²) in [5, 5.41) is 21.0. The molecule has 118 valence electrons. The number of halogens is 1. The number of carbonyl (C=O) groups excluding carboxylic acids is 1. The molecule has 0 radical (unpaired) electrons. The van der Waals surface area contributed by atoms with Crippen molar-refractivity contribution < 1.29 is 14.2 Å². The number of nitrogens with zero attached hydrogens (tertiary/aromatic N) is 5. The predicted octanol–water partition coefficient (Wildman–Crippen LogP) is 1.43. The molecule has 0 spiro atoms. The van der Waals surface area contributed by atoms with E-state index >= 15 is 0 Å². The first-order valence-corrected chi connectivity index (χ1v) is 7.09. The molecular formula is C11H13BrN6O4. The van der Waals surface area contributed by atoms with Crippen molar-refractivity contribution in [2.75, 3.05) is 0 Å². The van der Waals surface area contributed by atoms with Crippen molar-refractivity contribution in [2.24, 2.45) is 0 Å². The first-order chi connectivity index (χ1) is 10.3. The second kappa shape index (κ2) is 6.22. The van der Waals surface area contributed by atoms with E-state index < -0.39 is 10.8 Å². The summed E-state index contributed by atoms with van der Waals surface area (Å²) < 4.78 is 6.51. The molecule has 0 atom stereocenters. The van der Waals surface area contributed by atoms with Crippen LogP contribution in [0, 0.1) is 17.0 Å². The highest BCUT2D eigenvalue weighted by molar-refractivity contribution is 9.10. The van der Waals surface area contributed by atoms with Crippen molar-refractivity contribution in [1.29, 1.82) is 0 Å². The van der Waals surface area contributed by atoms with Crippen molar-refractivity contribution in [1.82, 2.24) is 25.2 Å². The predicted molar refractivity (Wildman–Crippen MR) is 77.3 cm³/mol. The van der Waals surface area contributed by atoms with Crippen LogP contribution in [0.25, 0.3) is 0 Å². The second-order valence-corrected chi connectivity index (χ2v) is 5.57. The highest BCUT2D eigenvalue weighted by Crippen LogP contribution is 2.27. The van der Waals surface area contributed by atoms with Gasteiger partial charge in [0.15, 0.2) is 5.82 Å². The quantitative estimate of drug-likeness (QED) is 0.620. The Morgan fingerprint density at radius 3 is 2.77 bits per heavy atom. The first kappa shape index (κ1) is 16.1. The van der Waals surface area contributed by atoms with Gasteiger partial charge in [-0.2, -0.15) is 9.67 Å². The normalized spacial score (nSPS) is 11.0. The third kappa shape index (κ3) is 3.30. The molecule has 10 nitrogen and oxygen atoms in total. The maximum Gasteiger partial charge on any atom is 0.404 e. The fourth-order valence-corrected chi connectivity index (χ4v) is 2.08. The zero-order chi connectivity index (χ0) is 16.4. The molecule has 1 N–H and O–H groups in total. The molecule has 2 rings (SSSR count). The van der Waals surface area contributed by atoms with Gasteiger partial charge in [0, 0.05) is 6.04 Å². The fraction of sp³-hybridized carbons (Fsp3) is 0.455. The van der Waals surface area contributed by atoms with Gasteiger partial charge in [-0.05, 0) is 41.6 Å². The van der Waals surface area contributed by atoms with E-state index in [1.54, 1.807) is 20.8 Å². The van der Waals surface area contributed by atoms with Crippen molar-refractivity contribution in [3.63, 3.8) is 0 Å². The summed E-state index contributed by atoms with van der Waals surface area (Å²) in [5.41, 5.74) is 0.546. The number of aromatic nitrogens is 4. The third-order valence-corrected chi connectivity index (χ3v) is 3.59. The molecule has 22 heavy (non-hydrogen) atoms. The highest BCUT2D eigenvalue weighted by atomic mass is 79.9. The molecule has 0 aromatic carbocycles. The van der Waals surface area contributed by atoms with Gasteiger partial charge >= 0.3 is 17.6 Å². The van der Waals surface area contributed by atoms with E-state index in [9.17, 15) is 14.9 Å². The van der Waals surface area contributed by atoms with Crippen molar-refractivity contribution in [3.8, 4) is 0 Å². The molecule has 0 fully saturated rings. The van der Waals surface area contributed by atoms with E-state index in [1.165, 1.54) is 4.68 Å². The number of rotatable bonds is 5. The molecule has 0 unspecified atom stereocenters. The molecule has 0 aliphatic carbocycles. The van der Waals surface area contributed by atoms with E-state index in [-0.39, 0.29) is 30.1 Å². The molecule has 2 heterocycles. The standard InChI is InChI=1S/C11H13BrN6O4/c1-5(2)13-10(19)11-14-7(16-22-11)4-17-6(3)8(12)9(15-17)18(20)21/h5H,4H2,1-3H3,(H,13,19). The number of hydrogen-bond acceptors (Lipinski definition) is 7. The largest absolute Gasteiger partial charge is 0.404 e. The molecular weight excluding hydrogens is 360 g/mol. The molecule has 0 bridgehead atoms. The first-order valence-electron chi connectivity index (χ1n) is 6.30. The van der Waals surface area contributed by atoms with Crippen LogP contribution >= 0.6 is 15.9 Å². The summed E-state index contributed by atoms with van der Waals surface area (Å²) in [6.07, 6.45) is 0. The Balaban J connectivity index is 2.19. The van der Waals surface area contributed by atoms with Crippen molar-refractivity contribution in [2.45, 2.75) is 33.4 Å². The summed E-state index contributed by atoms with van der Waals surface area (Å²) >= 11 is 3.12. The molecule has 2 aromatic heterocycles. The van der Waals surface area contributed by atoms with Gasteiger partial charge in [-0.3, -0.25) is 4.79 Å². The topological polar surface area (TPSA) is 129 Å². The van der Waals surface area contributed by atoms with Gasteiger partial charge in [0.05, 0.1) is 10.8 Å². The number of nitro groups is 1. The van der Waals surface area contributed by atoms with E-state index in [0.29, 0.717) is 10.2 Å². The van der Waals surface area contributed by atoms with Crippen LogP contribution in [0.3, 0.4) is 0 Å². The summed E-state index contributed by atoms with van der Waals surface area (Å²) in [6, 6.07) is -0.0604. The van der Waals surface area contributed by atoms with Crippen LogP contribution in [0.15, 0.2) is 9.00 Å². The average molecular weight is 373 g/mol. The van der Waals surface area contributed by atoms with E-state index in [4.69, 9.17) is 4.52 Å². The van der Waals surface area contributed by atoms with Gasteiger partial charge in [0.2, 0.25) is 0 Å². The highest BCUT2D eigenvalue weighted by Gasteiger charge is 2.25. The lowest BCUT2D eigenvalue weighted by atomic mass is 10.4. The van der Waals surface area contributed by atoms with Gasteiger partial charge < -0.3 is 20.0 Å². The van der Waals surface area contributed by atoms with E-state index in [2.05, 4.69) is 36.5 Å². The van der Waals surface area contributed by atoms with Crippen LogP contribution in [-0.2, 0) is 6.54 Å². The lowest BCUT2D eigenvalue weighted by Crippen LogP contribution is -2.30. The van der Waals surface area contributed by atoms with Gasteiger partial charge in [-0.25, -0.2) is 0 Å². The SMILES string of the molecule is Cc1c(Br)c([N+](=O)[O-])nn1Cc1noc(C(=O)NC(C)C)n1. The zero-order valence-electron chi connectivity index (χ0n) is 12.0. The smallest absolute Gasteiger partial charge is 0.358 e. The second-order valence-electron chi connectivity index (χ2n) is 4.78. The van der Waals surface area contributed by atoms with Gasteiger partial charge in [-0.1, -0.05) is 5.16 Å². The Morgan fingerprint density at radius 2 is 2.23 bits per heavy atom. The van der Waals surface area contributed by atoms with Crippen LogP contribution in [-0.4, -0.2) is 36.8 Å². The minimum absolute atomic E-state index is 0.0523. The zero-order valence-corrected chi connectivity index (χ0v) is 13.6. The molecule has 2 aromatic rings. The maximum absolute atomic E-state index is 11.7. The molecule has 11 heteroatoms. The van der Waals surface area contributed by atoms with Crippen LogP contribution in [0.5, 0.6) is 0 Å². The molecule has 0 saturated carbocycles. The minimum atomic E-state index is -0.592. The number of hydrogen-bond donors (Lipinski definition) is 1. The number of nitrogens with one attached hydrogen (secondary N) is 1. The average Bonchev–Trinajstić information content (AvgIpc) is 2.98. The van der Waals surface area contributed by atoms with Gasteiger partial charge in [0.1, 0.15) is 11.0 Å². The lowest BCUT2D eigenvalue weighted by Gasteiger charge is -2.03. The summed E-state index contributed by atoms with van der Waals surface area (Å²) in [7, 11) is 0. The Hall–Kier alpha value is -2.30. The van der Waals surface area contributed by atoms with Crippen molar-refractivity contribution >= 4 is 27.7 Å². The van der Waals surface area contributed by atoms with Crippen LogP contribution in [0.1, 0.15) is 36.1 Å². The van der Waals surface area contributed by atoms with Gasteiger partial charge in [0.25, 0.3) is 0 Å². The number of amides is 1. The van der Waals surface area contributed by atoms with E-state index in [1.807, 2.05) is 0 Å². The van der Waals surface area contributed by atoms with Crippen LogP contribution in [0.4, 0.5) is 5.82 Å². The van der Waals surface area contributed by atoms with E-state index in [0.717, 1.165) is 0 Å². The Labute approximate surface area is 133 Å². The Morgan fingerprint density at radius 1 is 1.55 bits per heavy atom. The Kier molecular flexibility index (Phi) is 4.54. The van der Waals surface area contributed by atoms with Crippen LogP contribution in [0.2, 0.25) is 0 Å². The lowest BCUT2D eigenvalue weighted by molar-refractivity contribution is -0.390. The monoisotopic (exact) mass is 372 g/mol. The number of carbonyl (C=O) groups is 1. The Bertz CT molecular complexity index is 722. The third-order valence-electron chi connectivity index (χ3n) is 2.66. The molecule has 0 aliphatic heterocycles. The summed E-state index contributed by atoms with van der Waals surface area (Å²) in [4.78, 5) is 25.9. The fourth-order valence-electron chi connectivity index (χ4n) is 1.65. The minimum Gasteiger partial charge on any atom is -0.358 e. The maximum atomic E-state index is 11.7. The molecule has 0 saturated heterocycles. The van der Waals surface area contributed by atoms with Crippen molar-refractivity contribution in [3.05, 3.63) is 32.0 Å². The van der Waals surface area contributed by atoms with Gasteiger partial charge in [-0.15, -0.1) is 0 Å². The molecule has 1 amide bonds.